The first kappa shape index (κ1) is 15.8. The van der Waals surface area contributed by atoms with Crippen molar-refractivity contribution in [2.45, 2.75) is 38.0 Å². The Balaban J connectivity index is 1.78. The molecule has 0 aromatic carbocycles. The third-order valence-electron chi connectivity index (χ3n) is 4.39. The molecule has 1 fully saturated rings. The Labute approximate surface area is 140 Å². The number of hydrogen-bond acceptors (Lipinski definition) is 6. The Morgan fingerprint density at radius 1 is 1.35 bits per heavy atom. The van der Waals surface area contributed by atoms with E-state index in [-0.39, 0.29) is 5.92 Å². The maximum absolute atomic E-state index is 9.75. The molecule has 3 heterocycles. The van der Waals surface area contributed by atoms with Gasteiger partial charge < -0.3 is 9.42 Å². The van der Waals surface area contributed by atoms with Gasteiger partial charge in [-0.05, 0) is 12.8 Å². The van der Waals surface area contributed by atoms with Crippen LogP contribution >= 0.6 is 11.6 Å². The van der Waals surface area contributed by atoms with Gasteiger partial charge in [-0.25, -0.2) is 0 Å². The van der Waals surface area contributed by atoms with E-state index in [1.807, 2.05) is 19.9 Å². The molecular weight excluding hydrogens is 314 g/mol. The zero-order chi connectivity index (χ0) is 16.4. The fourth-order valence-corrected chi connectivity index (χ4v) is 3.02. The van der Waals surface area contributed by atoms with Gasteiger partial charge in [0.05, 0.1) is 18.0 Å². The second-order valence-corrected chi connectivity index (χ2v) is 6.57. The van der Waals surface area contributed by atoms with Crippen LogP contribution in [0.2, 0.25) is 5.15 Å². The lowest BCUT2D eigenvalue weighted by atomic mass is 9.76. The van der Waals surface area contributed by atoms with Gasteiger partial charge in [-0.1, -0.05) is 30.6 Å². The van der Waals surface area contributed by atoms with Crippen molar-refractivity contribution in [1.82, 2.24) is 15.4 Å². The molecule has 0 spiro atoms. The monoisotopic (exact) mass is 331 g/mol. The summed E-state index contributed by atoms with van der Waals surface area (Å²) in [7, 11) is 0. The van der Waals surface area contributed by atoms with Crippen molar-refractivity contribution in [2.75, 3.05) is 18.0 Å². The fourth-order valence-electron chi connectivity index (χ4n) is 2.86. The van der Waals surface area contributed by atoms with Gasteiger partial charge in [0.2, 0.25) is 0 Å². The summed E-state index contributed by atoms with van der Waals surface area (Å²) in [6.45, 7) is 5.57. The van der Waals surface area contributed by atoms with Crippen LogP contribution in [-0.2, 0) is 5.41 Å². The molecule has 0 aliphatic carbocycles. The highest BCUT2D eigenvalue weighted by molar-refractivity contribution is 6.29. The minimum absolute atomic E-state index is 0.261. The zero-order valence-electron chi connectivity index (χ0n) is 13.2. The molecule has 23 heavy (non-hydrogen) atoms. The Hall–Kier alpha value is -2.13. The number of aromatic nitrogens is 3. The van der Waals surface area contributed by atoms with E-state index in [2.05, 4.69) is 26.3 Å². The standard InChI is InChI=1S/C16H18ClN5O/c1-11(2)13-8-14(21-23-13)16(10-18)3-5-22(6-4-16)12-7-15(17)20-19-9-12/h7-9,11H,3-6H2,1-2H3. The van der Waals surface area contributed by atoms with Crippen LogP contribution in [0.1, 0.15) is 44.1 Å². The molecule has 2 aromatic heterocycles. The van der Waals surface area contributed by atoms with Gasteiger partial charge >= 0.3 is 0 Å². The van der Waals surface area contributed by atoms with E-state index in [9.17, 15) is 5.26 Å². The smallest absolute Gasteiger partial charge is 0.153 e. The van der Waals surface area contributed by atoms with Gasteiger partial charge in [-0.2, -0.15) is 10.4 Å². The Morgan fingerprint density at radius 3 is 2.65 bits per heavy atom. The summed E-state index contributed by atoms with van der Waals surface area (Å²) < 4.78 is 5.38. The van der Waals surface area contributed by atoms with E-state index in [0.29, 0.717) is 18.0 Å². The highest BCUT2D eigenvalue weighted by Gasteiger charge is 2.39. The van der Waals surface area contributed by atoms with E-state index < -0.39 is 5.41 Å². The number of halogens is 1. The molecule has 120 valence electrons. The second kappa shape index (κ2) is 6.17. The normalized spacial score (nSPS) is 17.3. The first-order chi connectivity index (χ1) is 11.0. The van der Waals surface area contributed by atoms with Crippen molar-refractivity contribution in [1.29, 1.82) is 5.26 Å². The summed E-state index contributed by atoms with van der Waals surface area (Å²) in [4.78, 5) is 2.17. The highest BCUT2D eigenvalue weighted by atomic mass is 35.5. The lowest BCUT2D eigenvalue weighted by molar-refractivity contribution is 0.337. The maximum Gasteiger partial charge on any atom is 0.153 e. The third kappa shape index (κ3) is 3.02. The molecule has 0 atom stereocenters. The molecule has 3 rings (SSSR count). The fraction of sp³-hybridized carbons (Fsp3) is 0.500. The lowest BCUT2D eigenvalue weighted by Crippen LogP contribution is -2.42. The van der Waals surface area contributed by atoms with Crippen molar-refractivity contribution < 1.29 is 4.52 Å². The molecule has 0 bridgehead atoms. The number of nitriles is 1. The summed E-state index contributed by atoms with van der Waals surface area (Å²) in [5.41, 5.74) is 1.09. The molecule has 1 saturated heterocycles. The van der Waals surface area contributed by atoms with E-state index in [4.69, 9.17) is 16.1 Å². The first-order valence-electron chi connectivity index (χ1n) is 7.65. The number of hydrogen-bond donors (Lipinski definition) is 0. The van der Waals surface area contributed by atoms with Crippen molar-refractivity contribution in [3.05, 3.63) is 34.9 Å². The first-order valence-corrected chi connectivity index (χ1v) is 8.03. The molecule has 0 unspecified atom stereocenters. The molecule has 7 heteroatoms. The Kier molecular flexibility index (Phi) is 4.22. The van der Waals surface area contributed by atoms with E-state index in [1.54, 1.807) is 12.3 Å². The molecule has 2 aromatic rings. The molecule has 0 N–H and O–H groups in total. The van der Waals surface area contributed by atoms with Crippen LogP contribution in [0.5, 0.6) is 0 Å². The predicted octanol–water partition coefficient (Wildman–Crippen LogP) is 3.30. The van der Waals surface area contributed by atoms with Gasteiger partial charge in [-0.15, -0.1) is 5.10 Å². The molecule has 6 nitrogen and oxygen atoms in total. The largest absolute Gasteiger partial charge is 0.370 e. The summed E-state index contributed by atoms with van der Waals surface area (Å²) in [5, 5.41) is 21.9. The maximum atomic E-state index is 9.75. The minimum atomic E-state index is -0.586. The van der Waals surface area contributed by atoms with Gasteiger partial charge in [0.1, 0.15) is 16.9 Å². The van der Waals surface area contributed by atoms with Crippen LogP contribution in [-0.4, -0.2) is 28.4 Å². The number of nitrogens with zero attached hydrogens (tertiary/aromatic N) is 5. The van der Waals surface area contributed by atoms with Crippen LogP contribution in [0.4, 0.5) is 5.69 Å². The predicted molar refractivity (Wildman–Crippen MR) is 86.4 cm³/mol. The molecule has 0 amide bonds. The quantitative estimate of drug-likeness (QED) is 0.858. The second-order valence-electron chi connectivity index (χ2n) is 6.19. The molecule has 0 saturated carbocycles. The van der Waals surface area contributed by atoms with Gasteiger partial charge in [0.15, 0.2) is 5.15 Å². The van der Waals surface area contributed by atoms with E-state index in [0.717, 1.165) is 30.2 Å². The molecule has 1 aliphatic rings. The van der Waals surface area contributed by atoms with Crippen LogP contribution in [0.25, 0.3) is 0 Å². The minimum Gasteiger partial charge on any atom is -0.370 e. The van der Waals surface area contributed by atoms with Crippen molar-refractivity contribution in [3.8, 4) is 6.07 Å². The Bertz CT molecular complexity index is 728. The number of anilines is 1. The lowest BCUT2D eigenvalue weighted by Gasteiger charge is -2.37. The average molecular weight is 332 g/mol. The highest BCUT2D eigenvalue weighted by Crippen LogP contribution is 2.36. The third-order valence-corrected chi connectivity index (χ3v) is 4.58. The topological polar surface area (TPSA) is 78.8 Å². The van der Waals surface area contributed by atoms with Crippen LogP contribution in [0.15, 0.2) is 22.9 Å². The summed E-state index contributed by atoms with van der Waals surface area (Å²) in [6.07, 6.45) is 3.07. The van der Waals surface area contributed by atoms with Crippen molar-refractivity contribution in [2.24, 2.45) is 0 Å². The van der Waals surface area contributed by atoms with Crippen LogP contribution in [0, 0.1) is 11.3 Å². The van der Waals surface area contributed by atoms with Crippen molar-refractivity contribution in [3.63, 3.8) is 0 Å². The molecular formula is C16H18ClN5O. The van der Waals surface area contributed by atoms with Crippen molar-refractivity contribution >= 4 is 17.3 Å². The van der Waals surface area contributed by atoms with Gasteiger partial charge in [0.25, 0.3) is 0 Å². The van der Waals surface area contributed by atoms with E-state index >= 15 is 0 Å². The van der Waals surface area contributed by atoms with Gasteiger partial charge in [0, 0.05) is 31.1 Å². The average Bonchev–Trinajstić information content (AvgIpc) is 3.06. The SMILES string of the molecule is CC(C)c1cc(C2(C#N)CCN(c3cnnc(Cl)c3)CC2)no1. The van der Waals surface area contributed by atoms with Crippen LogP contribution < -0.4 is 4.90 Å². The van der Waals surface area contributed by atoms with E-state index in [1.165, 1.54) is 0 Å². The molecule has 1 aliphatic heterocycles. The summed E-state index contributed by atoms with van der Waals surface area (Å²) in [6, 6.07) is 6.18. The number of piperidine rings is 1. The van der Waals surface area contributed by atoms with Crippen LogP contribution in [0.3, 0.4) is 0 Å². The number of rotatable bonds is 3. The molecule has 0 radical (unpaired) electrons. The zero-order valence-corrected chi connectivity index (χ0v) is 13.9. The Morgan fingerprint density at radius 2 is 2.09 bits per heavy atom. The summed E-state index contributed by atoms with van der Waals surface area (Å²) in [5.74, 6) is 1.08. The van der Waals surface area contributed by atoms with Gasteiger partial charge in [-0.3, -0.25) is 0 Å². The summed E-state index contributed by atoms with van der Waals surface area (Å²) >= 11 is 5.90.